The highest BCUT2D eigenvalue weighted by atomic mass is 35.5. The van der Waals surface area contributed by atoms with E-state index in [0.717, 1.165) is 5.56 Å². The SMILES string of the molecule is C[Si](C)(C)c1ccc(C(O)C(O)CCl)cc1. The third-order valence-corrected chi connectivity index (χ3v) is 5.02. The number of aliphatic hydroxyl groups excluding tert-OH is 2. The third-order valence-electron chi connectivity index (χ3n) is 2.64. The van der Waals surface area contributed by atoms with Crippen molar-refractivity contribution in [2.75, 3.05) is 5.88 Å². The predicted octanol–water partition coefficient (Wildman–Crippen LogP) is 1.86. The maximum Gasteiger partial charge on any atom is 0.106 e. The molecular weight excluding hydrogens is 240 g/mol. The van der Waals surface area contributed by atoms with Gasteiger partial charge < -0.3 is 10.2 Å². The lowest BCUT2D eigenvalue weighted by atomic mass is 10.1. The molecule has 0 aliphatic heterocycles. The minimum absolute atomic E-state index is 0.0386. The summed E-state index contributed by atoms with van der Waals surface area (Å²) in [6, 6.07) is 7.81. The van der Waals surface area contributed by atoms with Crippen LogP contribution in [0.3, 0.4) is 0 Å². The van der Waals surface area contributed by atoms with Gasteiger partial charge in [0.15, 0.2) is 0 Å². The summed E-state index contributed by atoms with van der Waals surface area (Å²) in [5, 5.41) is 20.5. The molecule has 0 amide bonds. The van der Waals surface area contributed by atoms with Crippen molar-refractivity contribution in [3.8, 4) is 0 Å². The first-order valence-electron chi connectivity index (χ1n) is 5.39. The van der Waals surface area contributed by atoms with Crippen molar-refractivity contribution >= 4 is 24.9 Å². The van der Waals surface area contributed by atoms with Crippen molar-refractivity contribution < 1.29 is 10.2 Å². The molecule has 0 heterocycles. The molecule has 2 unspecified atom stereocenters. The maximum atomic E-state index is 9.76. The predicted molar refractivity (Wildman–Crippen MR) is 71.1 cm³/mol. The van der Waals surface area contributed by atoms with Gasteiger partial charge in [0, 0.05) is 0 Å². The zero-order valence-electron chi connectivity index (χ0n) is 9.94. The molecule has 0 bridgehead atoms. The lowest BCUT2D eigenvalue weighted by Gasteiger charge is -2.19. The Morgan fingerprint density at radius 2 is 1.62 bits per heavy atom. The van der Waals surface area contributed by atoms with E-state index in [9.17, 15) is 10.2 Å². The summed E-state index contributed by atoms with van der Waals surface area (Å²) in [5.74, 6) is 0.0386. The number of hydrogen-bond donors (Lipinski definition) is 2. The molecule has 1 aromatic rings. The molecule has 0 aromatic heterocycles. The Hall–Kier alpha value is -0.353. The monoisotopic (exact) mass is 258 g/mol. The van der Waals surface area contributed by atoms with Gasteiger partial charge >= 0.3 is 0 Å². The lowest BCUT2D eigenvalue weighted by Crippen LogP contribution is -2.37. The summed E-state index contributed by atoms with van der Waals surface area (Å²) < 4.78 is 0. The smallest absolute Gasteiger partial charge is 0.106 e. The van der Waals surface area contributed by atoms with Crippen LogP contribution < -0.4 is 5.19 Å². The van der Waals surface area contributed by atoms with E-state index in [1.54, 1.807) is 0 Å². The molecular formula is C12H19ClO2Si. The van der Waals surface area contributed by atoms with Gasteiger partial charge in [0.05, 0.1) is 20.1 Å². The molecule has 4 heteroatoms. The standard InChI is InChI=1S/C12H19ClO2Si/c1-16(2,3)10-6-4-9(5-7-10)12(15)11(14)8-13/h4-7,11-12,14-15H,8H2,1-3H3. The van der Waals surface area contributed by atoms with Crippen LogP contribution in [0, 0.1) is 0 Å². The lowest BCUT2D eigenvalue weighted by molar-refractivity contribution is 0.0327. The van der Waals surface area contributed by atoms with Gasteiger partial charge in [-0.2, -0.15) is 0 Å². The number of alkyl halides is 1. The highest BCUT2D eigenvalue weighted by Crippen LogP contribution is 2.17. The van der Waals surface area contributed by atoms with Crippen LogP contribution in [0.15, 0.2) is 24.3 Å². The molecule has 0 spiro atoms. The van der Waals surface area contributed by atoms with Gasteiger partial charge in [0.25, 0.3) is 0 Å². The molecule has 16 heavy (non-hydrogen) atoms. The number of rotatable bonds is 4. The van der Waals surface area contributed by atoms with Crippen LogP contribution in [0.2, 0.25) is 19.6 Å². The summed E-state index contributed by atoms with van der Waals surface area (Å²) in [7, 11) is -1.30. The quantitative estimate of drug-likeness (QED) is 0.639. The van der Waals surface area contributed by atoms with Gasteiger partial charge in [-0.1, -0.05) is 49.1 Å². The van der Waals surface area contributed by atoms with E-state index in [4.69, 9.17) is 11.6 Å². The Morgan fingerprint density at radius 1 is 1.12 bits per heavy atom. The van der Waals surface area contributed by atoms with Gasteiger partial charge in [-0.15, -0.1) is 11.6 Å². The van der Waals surface area contributed by atoms with Crippen LogP contribution >= 0.6 is 11.6 Å². The first-order valence-corrected chi connectivity index (χ1v) is 9.42. The fraction of sp³-hybridized carbons (Fsp3) is 0.500. The fourth-order valence-electron chi connectivity index (χ4n) is 1.49. The molecule has 0 aliphatic carbocycles. The highest BCUT2D eigenvalue weighted by molar-refractivity contribution is 6.88. The summed E-state index contributed by atoms with van der Waals surface area (Å²) in [4.78, 5) is 0. The Labute approximate surface area is 103 Å². The van der Waals surface area contributed by atoms with Crippen LogP contribution in [0.5, 0.6) is 0 Å². The topological polar surface area (TPSA) is 40.5 Å². The molecule has 1 rings (SSSR count). The number of aliphatic hydroxyl groups is 2. The molecule has 2 nitrogen and oxygen atoms in total. The van der Waals surface area contributed by atoms with Gasteiger partial charge in [-0.25, -0.2) is 0 Å². The second-order valence-electron chi connectivity index (χ2n) is 5.04. The van der Waals surface area contributed by atoms with Crippen molar-refractivity contribution in [2.45, 2.75) is 31.8 Å². The van der Waals surface area contributed by atoms with Crippen LogP contribution in [-0.2, 0) is 0 Å². The zero-order valence-corrected chi connectivity index (χ0v) is 11.7. The van der Waals surface area contributed by atoms with Crippen LogP contribution in [0.4, 0.5) is 0 Å². The molecule has 0 saturated carbocycles. The van der Waals surface area contributed by atoms with Crippen LogP contribution in [0.25, 0.3) is 0 Å². The first kappa shape index (κ1) is 13.7. The second kappa shape index (κ2) is 5.32. The van der Waals surface area contributed by atoms with Gasteiger partial charge in [0.2, 0.25) is 0 Å². The van der Waals surface area contributed by atoms with E-state index in [0.29, 0.717) is 0 Å². The van der Waals surface area contributed by atoms with Crippen LogP contribution in [0.1, 0.15) is 11.7 Å². The second-order valence-corrected chi connectivity index (χ2v) is 10.4. The average molecular weight is 259 g/mol. The Bertz CT molecular complexity index is 332. The molecule has 0 fully saturated rings. The van der Waals surface area contributed by atoms with E-state index >= 15 is 0 Å². The minimum Gasteiger partial charge on any atom is -0.389 e. The maximum absolute atomic E-state index is 9.76. The van der Waals surface area contributed by atoms with E-state index in [1.165, 1.54) is 5.19 Å². The Balaban J connectivity index is 2.87. The average Bonchev–Trinajstić information content (AvgIpc) is 2.26. The van der Waals surface area contributed by atoms with Crippen molar-refractivity contribution in [3.05, 3.63) is 29.8 Å². The van der Waals surface area contributed by atoms with Crippen molar-refractivity contribution in [1.29, 1.82) is 0 Å². The van der Waals surface area contributed by atoms with Crippen molar-refractivity contribution in [2.24, 2.45) is 0 Å². The number of hydrogen-bond acceptors (Lipinski definition) is 2. The van der Waals surface area contributed by atoms with E-state index < -0.39 is 20.3 Å². The third kappa shape index (κ3) is 3.32. The van der Waals surface area contributed by atoms with Crippen LogP contribution in [-0.4, -0.2) is 30.3 Å². The molecule has 1 aromatic carbocycles. The van der Waals surface area contributed by atoms with Gasteiger partial charge in [0.1, 0.15) is 6.10 Å². The van der Waals surface area contributed by atoms with Gasteiger partial charge in [-0.05, 0) is 5.56 Å². The minimum atomic E-state index is -1.30. The number of halogens is 1. The Kier molecular flexibility index (Phi) is 4.56. The zero-order chi connectivity index (χ0) is 12.3. The van der Waals surface area contributed by atoms with Crippen molar-refractivity contribution in [1.82, 2.24) is 0 Å². The fourth-order valence-corrected chi connectivity index (χ4v) is 2.82. The summed E-state index contributed by atoms with van der Waals surface area (Å²) >= 11 is 5.50. The molecule has 2 N–H and O–H groups in total. The summed E-state index contributed by atoms with van der Waals surface area (Å²) in [5.41, 5.74) is 0.718. The normalized spacial score (nSPS) is 15.9. The molecule has 2 atom stereocenters. The molecule has 90 valence electrons. The molecule has 0 aliphatic rings. The van der Waals surface area contributed by atoms with Gasteiger partial charge in [-0.3, -0.25) is 0 Å². The summed E-state index contributed by atoms with van der Waals surface area (Å²) in [6.45, 7) is 6.81. The highest BCUT2D eigenvalue weighted by Gasteiger charge is 2.19. The van der Waals surface area contributed by atoms with E-state index in [-0.39, 0.29) is 5.88 Å². The van der Waals surface area contributed by atoms with E-state index in [2.05, 4.69) is 19.6 Å². The van der Waals surface area contributed by atoms with Crippen molar-refractivity contribution in [3.63, 3.8) is 0 Å². The first-order chi connectivity index (χ1) is 7.36. The van der Waals surface area contributed by atoms with E-state index in [1.807, 2.05) is 24.3 Å². The Morgan fingerprint density at radius 3 is 2.00 bits per heavy atom. The summed E-state index contributed by atoms with van der Waals surface area (Å²) in [6.07, 6.45) is -1.80. The molecule has 0 saturated heterocycles. The number of benzene rings is 1. The molecule has 0 radical (unpaired) electrons. The largest absolute Gasteiger partial charge is 0.389 e.